The highest BCUT2D eigenvalue weighted by Crippen LogP contribution is 2.25. The molecule has 2 amide bonds. The molecule has 162 valence electrons. The summed E-state index contributed by atoms with van der Waals surface area (Å²) in [5.74, 6) is -0.625. The second-order valence-corrected chi connectivity index (χ2v) is 9.44. The molecule has 1 fully saturated rings. The van der Waals surface area contributed by atoms with Crippen LogP contribution in [0.1, 0.15) is 19.8 Å². The summed E-state index contributed by atoms with van der Waals surface area (Å²) in [6.07, 6.45) is 1.18. The minimum atomic E-state index is -3.75. The van der Waals surface area contributed by atoms with E-state index in [9.17, 15) is 18.0 Å². The smallest absolute Gasteiger partial charge is 0.243 e. The van der Waals surface area contributed by atoms with Crippen LogP contribution in [0.3, 0.4) is 0 Å². The van der Waals surface area contributed by atoms with Crippen LogP contribution >= 0.6 is 0 Å². The maximum atomic E-state index is 13.1. The number of carbonyl (C=O) groups is 2. The average Bonchev–Trinajstić information content (AvgIpc) is 3.16. The maximum Gasteiger partial charge on any atom is 0.243 e. The fourth-order valence-electron chi connectivity index (χ4n) is 3.67. The van der Waals surface area contributed by atoms with Crippen molar-refractivity contribution >= 4 is 44.5 Å². The molecule has 1 atom stereocenters. The molecule has 3 N–H and O–H groups in total. The molecule has 4 rings (SSSR count). The van der Waals surface area contributed by atoms with E-state index in [4.69, 9.17) is 0 Å². The van der Waals surface area contributed by atoms with Crippen LogP contribution < -0.4 is 10.6 Å². The summed E-state index contributed by atoms with van der Waals surface area (Å²) in [4.78, 5) is 31.4. The zero-order valence-electron chi connectivity index (χ0n) is 17.0. The number of anilines is 2. The Bertz CT molecular complexity index is 1190. The highest BCUT2D eigenvalue weighted by Gasteiger charge is 2.33. The van der Waals surface area contributed by atoms with Gasteiger partial charge in [0, 0.05) is 25.7 Å². The van der Waals surface area contributed by atoms with E-state index >= 15 is 0 Å². The summed E-state index contributed by atoms with van der Waals surface area (Å²) in [5.41, 5.74) is 2.08. The zero-order valence-corrected chi connectivity index (χ0v) is 17.8. The lowest BCUT2D eigenvalue weighted by atomic mass is 9.99. The Morgan fingerprint density at radius 2 is 1.84 bits per heavy atom. The molecule has 10 heteroatoms. The van der Waals surface area contributed by atoms with Crippen molar-refractivity contribution in [1.29, 1.82) is 0 Å². The van der Waals surface area contributed by atoms with Gasteiger partial charge in [-0.05, 0) is 49.2 Å². The molecule has 1 aliphatic heterocycles. The van der Waals surface area contributed by atoms with Crippen LogP contribution in [0.5, 0.6) is 0 Å². The first-order valence-corrected chi connectivity index (χ1v) is 11.4. The number of carbonyl (C=O) groups excluding carboxylic acids is 2. The maximum absolute atomic E-state index is 13.1. The number of hydrogen-bond acceptors (Lipinski definition) is 5. The molecule has 1 saturated heterocycles. The minimum Gasteiger partial charge on any atom is -0.326 e. The van der Waals surface area contributed by atoms with E-state index < -0.39 is 15.9 Å². The second kappa shape index (κ2) is 8.48. The van der Waals surface area contributed by atoms with Crippen LogP contribution in [0.25, 0.3) is 11.0 Å². The van der Waals surface area contributed by atoms with Crippen LogP contribution in [0.15, 0.2) is 53.4 Å². The number of H-pyrrole nitrogens is 1. The molecule has 0 saturated carbocycles. The highest BCUT2D eigenvalue weighted by atomic mass is 32.2. The van der Waals surface area contributed by atoms with Gasteiger partial charge >= 0.3 is 0 Å². The van der Waals surface area contributed by atoms with E-state index in [1.807, 2.05) is 24.3 Å². The third-order valence-corrected chi connectivity index (χ3v) is 7.08. The number of imidazole rings is 1. The molecule has 2 heterocycles. The van der Waals surface area contributed by atoms with Crippen LogP contribution in [0, 0.1) is 5.92 Å². The first-order chi connectivity index (χ1) is 14.8. The molecule has 2 aromatic carbocycles. The van der Waals surface area contributed by atoms with E-state index in [0.717, 1.165) is 11.0 Å². The lowest BCUT2D eigenvalue weighted by molar-refractivity contribution is -0.121. The lowest BCUT2D eigenvalue weighted by Crippen LogP contribution is -2.43. The lowest BCUT2D eigenvalue weighted by Gasteiger charge is -2.31. The first kappa shape index (κ1) is 21.0. The number of nitrogens with zero attached hydrogens (tertiary/aromatic N) is 2. The van der Waals surface area contributed by atoms with Crippen LogP contribution in [0.4, 0.5) is 11.6 Å². The van der Waals surface area contributed by atoms with Gasteiger partial charge in [-0.2, -0.15) is 4.31 Å². The Kier molecular flexibility index (Phi) is 5.75. The minimum absolute atomic E-state index is 0.0991. The Hall–Kier alpha value is -3.24. The molecule has 1 unspecified atom stereocenters. The quantitative estimate of drug-likeness (QED) is 0.561. The third-order valence-electron chi connectivity index (χ3n) is 5.20. The standard InChI is InChI=1S/C21H23N5O4S/c1-14(27)22-16-8-10-17(11-9-16)31(29,30)26-12-4-5-15(13-26)20(28)25-21-23-18-6-2-3-7-19(18)24-21/h2-3,6-11,15H,4-5,12-13H2,1H3,(H,22,27)(H2,23,24,25,28). The first-order valence-electron chi connectivity index (χ1n) is 9.96. The molecule has 0 radical (unpaired) electrons. The monoisotopic (exact) mass is 441 g/mol. The molecule has 1 aliphatic rings. The SMILES string of the molecule is CC(=O)Nc1ccc(S(=O)(=O)N2CCCC(C(=O)Nc3nc4ccccc4[nH]3)C2)cc1. The summed E-state index contributed by atoms with van der Waals surface area (Å²) >= 11 is 0. The molecular formula is C21H23N5O4S. The molecule has 9 nitrogen and oxygen atoms in total. The predicted octanol–water partition coefficient (Wildman–Crippen LogP) is 2.56. The number of benzene rings is 2. The van der Waals surface area contributed by atoms with Crippen molar-refractivity contribution in [3.8, 4) is 0 Å². The summed E-state index contributed by atoms with van der Waals surface area (Å²) in [6, 6.07) is 13.4. The van der Waals surface area contributed by atoms with E-state index in [0.29, 0.717) is 31.0 Å². The number of rotatable bonds is 5. The number of amides is 2. The summed E-state index contributed by atoms with van der Waals surface area (Å²) < 4.78 is 27.4. The normalized spacial score (nSPS) is 17.4. The molecule has 1 aromatic heterocycles. The number of aromatic amines is 1. The van der Waals surface area contributed by atoms with Crippen molar-refractivity contribution in [2.24, 2.45) is 5.92 Å². The van der Waals surface area contributed by atoms with Crippen molar-refractivity contribution < 1.29 is 18.0 Å². The number of hydrogen-bond donors (Lipinski definition) is 3. The van der Waals surface area contributed by atoms with E-state index in [1.165, 1.54) is 23.4 Å². The molecule has 0 bridgehead atoms. The van der Waals surface area contributed by atoms with Gasteiger partial charge in [0.05, 0.1) is 21.8 Å². The largest absolute Gasteiger partial charge is 0.326 e. The Morgan fingerprint density at radius 1 is 1.10 bits per heavy atom. The third kappa shape index (κ3) is 4.59. The van der Waals surface area contributed by atoms with Crippen molar-refractivity contribution in [3.63, 3.8) is 0 Å². The number of fused-ring (bicyclic) bond motifs is 1. The van der Waals surface area contributed by atoms with Gasteiger partial charge in [-0.3, -0.25) is 14.9 Å². The Morgan fingerprint density at radius 3 is 2.55 bits per heavy atom. The van der Waals surface area contributed by atoms with Crippen molar-refractivity contribution in [2.75, 3.05) is 23.7 Å². The molecule has 3 aromatic rings. The van der Waals surface area contributed by atoms with Gasteiger partial charge in [0.15, 0.2) is 0 Å². The second-order valence-electron chi connectivity index (χ2n) is 7.50. The molecule has 0 aliphatic carbocycles. The number of para-hydroxylation sites is 2. The predicted molar refractivity (Wildman–Crippen MR) is 117 cm³/mol. The van der Waals surface area contributed by atoms with Gasteiger partial charge in [-0.25, -0.2) is 13.4 Å². The molecular weight excluding hydrogens is 418 g/mol. The Labute approximate surface area is 179 Å². The van der Waals surface area contributed by atoms with E-state index in [-0.39, 0.29) is 23.3 Å². The molecule has 31 heavy (non-hydrogen) atoms. The van der Waals surface area contributed by atoms with Crippen LogP contribution in [-0.4, -0.2) is 47.6 Å². The van der Waals surface area contributed by atoms with Gasteiger partial charge in [0.1, 0.15) is 0 Å². The Balaban J connectivity index is 1.45. The van der Waals surface area contributed by atoms with Gasteiger partial charge in [0.25, 0.3) is 0 Å². The number of piperidine rings is 1. The highest BCUT2D eigenvalue weighted by molar-refractivity contribution is 7.89. The van der Waals surface area contributed by atoms with Crippen LogP contribution in [-0.2, 0) is 19.6 Å². The van der Waals surface area contributed by atoms with Crippen molar-refractivity contribution in [1.82, 2.24) is 14.3 Å². The fraction of sp³-hybridized carbons (Fsp3) is 0.286. The van der Waals surface area contributed by atoms with Gasteiger partial charge < -0.3 is 10.3 Å². The zero-order chi connectivity index (χ0) is 22.0. The van der Waals surface area contributed by atoms with Gasteiger partial charge in [0.2, 0.25) is 27.8 Å². The number of aromatic nitrogens is 2. The number of nitrogens with one attached hydrogen (secondary N) is 3. The van der Waals surface area contributed by atoms with Crippen molar-refractivity contribution in [3.05, 3.63) is 48.5 Å². The van der Waals surface area contributed by atoms with Crippen LogP contribution in [0.2, 0.25) is 0 Å². The average molecular weight is 442 g/mol. The summed E-state index contributed by atoms with van der Waals surface area (Å²) in [5, 5.41) is 5.38. The van der Waals surface area contributed by atoms with Gasteiger partial charge in [-0.15, -0.1) is 0 Å². The fourth-order valence-corrected chi connectivity index (χ4v) is 5.19. The van der Waals surface area contributed by atoms with Crippen molar-refractivity contribution in [2.45, 2.75) is 24.7 Å². The molecule has 0 spiro atoms. The van der Waals surface area contributed by atoms with E-state index in [1.54, 1.807) is 12.1 Å². The summed E-state index contributed by atoms with van der Waals surface area (Å²) in [7, 11) is -3.75. The number of sulfonamides is 1. The summed E-state index contributed by atoms with van der Waals surface area (Å²) in [6.45, 7) is 1.83. The van der Waals surface area contributed by atoms with E-state index in [2.05, 4.69) is 20.6 Å². The van der Waals surface area contributed by atoms with Gasteiger partial charge in [-0.1, -0.05) is 12.1 Å². The topological polar surface area (TPSA) is 124 Å².